The molecule has 0 radical (unpaired) electrons. The average molecular weight is 292 g/mol. The van der Waals surface area contributed by atoms with Gasteiger partial charge in [-0.05, 0) is 26.3 Å². The molecule has 3 atom stereocenters. The zero-order valence-corrected chi connectivity index (χ0v) is 12.4. The molecule has 0 aromatic heterocycles. The molecule has 1 saturated heterocycles. The van der Waals surface area contributed by atoms with Crippen LogP contribution >= 0.6 is 0 Å². The van der Waals surface area contributed by atoms with Crippen LogP contribution in [0, 0.1) is 5.41 Å². The molecule has 0 aliphatic carbocycles. The van der Waals surface area contributed by atoms with Crippen LogP contribution in [-0.4, -0.2) is 35.4 Å². The van der Waals surface area contributed by atoms with Crippen molar-refractivity contribution in [3.63, 3.8) is 0 Å². The van der Waals surface area contributed by atoms with Crippen molar-refractivity contribution in [3.05, 3.63) is 35.9 Å². The Bertz CT molecular complexity index is 521. The minimum absolute atomic E-state index is 0.396. The Kier molecular flexibility index (Phi) is 4.32. The number of hydrogen-bond acceptors (Lipinski definition) is 5. The van der Waals surface area contributed by atoms with E-state index in [4.69, 9.17) is 9.47 Å². The molecule has 0 amide bonds. The number of aliphatic hydroxyl groups excluding tert-OH is 1. The summed E-state index contributed by atoms with van der Waals surface area (Å²) < 4.78 is 10.7. The average Bonchev–Trinajstić information content (AvgIpc) is 2.63. The summed E-state index contributed by atoms with van der Waals surface area (Å²) in [6, 6.07) is 9.54. The van der Waals surface area contributed by atoms with Crippen molar-refractivity contribution in [1.82, 2.24) is 0 Å². The molecule has 1 aromatic carbocycles. The number of benzene rings is 1. The molecular weight excluding hydrogens is 272 g/mol. The van der Waals surface area contributed by atoms with Crippen LogP contribution in [-0.2, 0) is 25.5 Å². The van der Waals surface area contributed by atoms with E-state index in [-0.39, 0.29) is 0 Å². The minimum Gasteiger partial charge on any atom is -0.458 e. The number of ether oxygens (including phenoxy) is 2. The molecule has 114 valence electrons. The Morgan fingerprint density at radius 1 is 1.38 bits per heavy atom. The molecule has 1 aromatic rings. The molecule has 1 heterocycles. The lowest BCUT2D eigenvalue weighted by atomic mass is 9.85. The molecule has 1 aliphatic rings. The Morgan fingerprint density at radius 2 is 2.00 bits per heavy atom. The summed E-state index contributed by atoms with van der Waals surface area (Å²) in [5.41, 5.74) is 0.0652. The predicted octanol–water partition coefficient (Wildman–Crippen LogP) is 1.47. The standard InChI is InChI=1S/C16H20O5/c1-10(17)14(18)21-13-12(20-15(19)16(13,2)3)9-11-7-5-4-6-8-11/h4-8,10,12-13,17H,9H2,1-3H3/t10-,12+,13-/m0/s1. The lowest BCUT2D eigenvalue weighted by Crippen LogP contribution is -2.41. The summed E-state index contributed by atoms with van der Waals surface area (Å²) in [5, 5.41) is 9.29. The Balaban J connectivity index is 2.18. The van der Waals surface area contributed by atoms with Gasteiger partial charge in [0.15, 0.2) is 6.10 Å². The third-order valence-corrected chi connectivity index (χ3v) is 3.70. The molecule has 2 rings (SSSR count). The first-order valence-corrected chi connectivity index (χ1v) is 6.96. The third-order valence-electron chi connectivity index (χ3n) is 3.70. The number of carbonyl (C=O) groups excluding carboxylic acids is 2. The molecule has 1 aliphatic heterocycles. The fourth-order valence-electron chi connectivity index (χ4n) is 2.37. The maximum Gasteiger partial charge on any atom is 0.335 e. The molecule has 0 unspecified atom stereocenters. The zero-order valence-electron chi connectivity index (χ0n) is 12.4. The highest BCUT2D eigenvalue weighted by molar-refractivity contribution is 5.81. The SMILES string of the molecule is C[C@H](O)C(=O)O[C@H]1[C@@H](Cc2ccccc2)OC(=O)C1(C)C. The highest BCUT2D eigenvalue weighted by atomic mass is 16.6. The van der Waals surface area contributed by atoms with Gasteiger partial charge in [-0.1, -0.05) is 30.3 Å². The van der Waals surface area contributed by atoms with Crippen LogP contribution in [0.25, 0.3) is 0 Å². The summed E-state index contributed by atoms with van der Waals surface area (Å²) in [7, 11) is 0. The van der Waals surface area contributed by atoms with Crippen molar-refractivity contribution in [2.24, 2.45) is 5.41 Å². The van der Waals surface area contributed by atoms with Gasteiger partial charge in [-0.2, -0.15) is 0 Å². The van der Waals surface area contributed by atoms with E-state index in [9.17, 15) is 14.7 Å². The summed E-state index contributed by atoms with van der Waals surface area (Å²) in [6.07, 6.45) is -2.02. The fourth-order valence-corrected chi connectivity index (χ4v) is 2.37. The Labute approximate surface area is 123 Å². The third kappa shape index (κ3) is 3.24. The number of rotatable bonds is 4. The van der Waals surface area contributed by atoms with Crippen LogP contribution in [0.3, 0.4) is 0 Å². The van der Waals surface area contributed by atoms with Gasteiger partial charge in [-0.25, -0.2) is 4.79 Å². The van der Waals surface area contributed by atoms with Crippen molar-refractivity contribution < 1.29 is 24.2 Å². The molecule has 0 saturated carbocycles. The number of hydrogen-bond donors (Lipinski definition) is 1. The van der Waals surface area contributed by atoms with Crippen LogP contribution in [0.4, 0.5) is 0 Å². The van der Waals surface area contributed by atoms with Gasteiger partial charge in [-0.3, -0.25) is 4.79 Å². The number of carbonyl (C=O) groups is 2. The van der Waals surface area contributed by atoms with Crippen molar-refractivity contribution in [3.8, 4) is 0 Å². The maximum atomic E-state index is 12.0. The number of esters is 2. The van der Waals surface area contributed by atoms with Crippen molar-refractivity contribution in [2.75, 3.05) is 0 Å². The van der Waals surface area contributed by atoms with E-state index in [0.29, 0.717) is 6.42 Å². The zero-order chi connectivity index (χ0) is 15.6. The second-order valence-electron chi connectivity index (χ2n) is 5.89. The van der Waals surface area contributed by atoms with Gasteiger partial charge >= 0.3 is 11.9 Å². The van der Waals surface area contributed by atoms with Crippen LogP contribution in [0.5, 0.6) is 0 Å². The largest absolute Gasteiger partial charge is 0.458 e. The summed E-state index contributed by atoms with van der Waals surface area (Å²) in [6.45, 7) is 4.69. The van der Waals surface area contributed by atoms with E-state index in [1.54, 1.807) is 13.8 Å². The Morgan fingerprint density at radius 3 is 2.57 bits per heavy atom. The molecule has 1 N–H and O–H groups in total. The van der Waals surface area contributed by atoms with E-state index >= 15 is 0 Å². The van der Waals surface area contributed by atoms with Gasteiger partial charge in [0.1, 0.15) is 17.6 Å². The van der Waals surface area contributed by atoms with Crippen LogP contribution < -0.4 is 0 Å². The monoisotopic (exact) mass is 292 g/mol. The van der Waals surface area contributed by atoms with Gasteiger partial charge in [0.05, 0.1) is 0 Å². The smallest absolute Gasteiger partial charge is 0.335 e. The quantitative estimate of drug-likeness (QED) is 0.851. The first kappa shape index (κ1) is 15.5. The molecule has 0 spiro atoms. The molecule has 5 heteroatoms. The van der Waals surface area contributed by atoms with Gasteiger partial charge in [0, 0.05) is 6.42 Å². The topological polar surface area (TPSA) is 72.8 Å². The van der Waals surface area contributed by atoms with Gasteiger partial charge in [0.25, 0.3) is 0 Å². The van der Waals surface area contributed by atoms with Gasteiger partial charge in [-0.15, -0.1) is 0 Å². The number of aliphatic hydroxyl groups is 1. The molecule has 21 heavy (non-hydrogen) atoms. The number of cyclic esters (lactones) is 1. The van der Waals surface area contributed by atoms with E-state index in [1.165, 1.54) is 6.92 Å². The van der Waals surface area contributed by atoms with E-state index in [0.717, 1.165) is 5.56 Å². The molecule has 1 fully saturated rings. The highest BCUT2D eigenvalue weighted by Gasteiger charge is 2.53. The van der Waals surface area contributed by atoms with E-state index in [2.05, 4.69) is 0 Å². The summed E-state index contributed by atoms with van der Waals surface area (Å²) in [5.74, 6) is -1.14. The van der Waals surface area contributed by atoms with Crippen LogP contribution in [0.1, 0.15) is 26.3 Å². The minimum atomic E-state index is -1.23. The first-order chi connectivity index (χ1) is 9.82. The second kappa shape index (κ2) is 5.85. The van der Waals surface area contributed by atoms with Gasteiger partial charge < -0.3 is 14.6 Å². The van der Waals surface area contributed by atoms with E-state index in [1.807, 2.05) is 30.3 Å². The van der Waals surface area contributed by atoms with Crippen LogP contribution in [0.15, 0.2) is 30.3 Å². The summed E-state index contributed by atoms with van der Waals surface area (Å²) >= 11 is 0. The lowest BCUT2D eigenvalue weighted by molar-refractivity contribution is -0.164. The van der Waals surface area contributed by atoms with Crippen molar-refractivity contribution in [1.29, 1.82) is 0 Å². The maximum absolute atomic E-state index is 12.0. The van der Waals surface area contributed by atoms with E-state index < -0.39 is 35.7 Å². The Hall–Kier alpha value is -1.88. The lowest BCUT2D eigenvalue weighted by Gasteiger charge is -2.26. The van der Waals surface area contributed by atoms with Crippen molar-refractivity contribution >= 4 is 11.9 Å². The highest BCUT2D eigenvalue weighted by Crippen LogP contribution is 2.37. The second-order valence-corrected chi connectivity index (χ2v) is 5.89. The molecular formula is C16H20O5. The first-order valence-electron chi connectivity index (χ1n) is 6.96. The fraction of sp³-hybridized carbons (Fsp3) is 0.500. The van der Waals surface area contributed by atoms with Gasteiger partial charge in [0.2, 0.25) is 0 Å². The predicted molar refractivity (Wildman–Crippen MR) is 75.4 cm³/mol. The van der Waals surface area contributed by atoms with Crippen LogP contribution in [0.2, 0.25) is 0 Å². The normalized spacial score (nSPS) is 25.2. The summed E-state index contributed by atoms with van der Waals surface area (Å²) in [4.78, 5) is 23.6. The molecule has 0 bridgehead atoms. The van der Waals surface area contributed by atoms with Crippen molar-refractivity contribution in [2.45, 2.75) is 45.5 Å². The molecule has 5 nitrogen and oxygen atoms in total.